The van der Waals surface area contributed by atoms with Crippen molar-refractivity contribution in [3.8, 4) is 0 Å². The molecule has 0 saturated heterocycles. The van der Waals surface area contributed by atoms with Gasteiger partial charge in [0.05, 0.1) is 9.47 Å². The monoisotopic (exact) mass is 389 g/mol. The highest BCUT2D eigenvalue weighted by Crippen LogP contribution is 2.38. The minimum absolute atomic E-state index is 0.145. The van der Waals surface area contributed by atoms with Crippen molar-refractivity contribution in [1.29, 1.82) is 0 Å². The lowest BCUT2D eigenvalue weighted by atomic mass is 9.99. The van der Waals surface area contributed by atoms with Gasteiger partial charge in [0.25, 0.3) is 10.0 Å². The molecule has 0 bridgehead atoms. The second-order valence-corrected chi connectivity index (χ2v) is 9.52. The summed E-state index contributed by atoms with van der Waals surface area (Å²) in [7, 11) is -3.62. The number of aryl methyl sites for hydroxylation is 1. The van der Waals surface area contributed by atoms with Crippen molar-refractivity contribution in [2.24, 2.45) is 0 Å². The van der Waals surface area contributed by atoms with E-state index in [9.17, 15) is 12.8 Å². The number of rotatable bonds is 2. The van der Waals surface area contributed by atoms with Crippen LogP contribution in [0.2, 0.25) is 0 Å². The molecule has 0 amide bonds. The second-order valence-electron chi connectivity index (χ2n) is 5.02. The molecule has 112 valence electrons. The van der Waals surface area contributed by atoms with Gasteiger partial charge in [0.15, 0.2) is 0 Å². The number of fused-ring (bicyclic) bond motifs is 1. The molecule has 0 spiro atoms. The number of sulfonamides is 1. The molecule has 21 heavy (non-hydrogen) atoms. The van der Waals surface area contributed by atoms with Gasteiger partial charge in [-0.25, -0.2) is 12.8 Å². The summed E-state index contributed by atoms with van der Waals surface area (Å²) in [4.78, 5) is 0. The van der Waals surface area contributed by atoms with E-state index in [2.05, 4.69) is 15.9 Å². The third kappa shape index (κ3) is 2.62. The maximum Gasteiger partial charge on any atom is 0.274 e. The summed E-state index contributed by atoms with van der Waals surface area (Å²) in [5, 5.41) is 0. The molecule has 2 aromatic rings. The Labute approximate surface area is 135 Å². The molecular weight excluding hydrogens is 377 g/mol. The third-order valence-electron chi connectivity index (χ3n) is 3.57. The first-order valence-corrected chi connectivity index (χ1v) is 9.53. The highest BCUT2D eigenvalue weighted by atomic mass is 79.9. The van der Waals surface area contributed by atoms with Gasteiger partial charge in [0.2, 0.25) is 0 Å². The summed E-state index contributed by atoms with van der Waals surface area (Å²) in [6.45, 7) is 1.88. The molecule has 1 aromatic heterocycles. The van der Waals surface area contributed by atoms with Crippen molar-refractivity contribution in [2.45, 2.75) is 30.0 Å². The molecule has 1 aromatic carbocycles. The van der Waals surface area contributed by atoms with Crippen molar-refractivity contribution < 1.29 is 12.8 Å². The maximum absolute atomic E-state index is 13.4. The van der Waals surface area contributed by atoms with Crippen LogP contribution in [-0.2, 0) is 16.4 Å². The molecule has 1 unspecified atom stereocenters. The maximum atomic E-state index is 13.4. The Morgan fingerprint density at radius 3 is 2.76 bits per heavy atom. The summed E-state index contributed by atoms with van der Waals surface area (Å²) in [6.07, 6.45) is 1.37. The highest BCUT2D eigenvalue weighted by molar-refractivity contribution is 9.11. The van der Waals surface area contributed by atoms with Crippen molar-refractivity contribution in [3.63, 3.8) is 0 Å². The molecular formula is C14H13BrFNO2S2. The first-order valence-electron chi connectivity index (χ1n) is 6.48. The predicted octanol–water partition coefficient (Wildman–Crippen LogP) is 4.18. The van der Waals surface area contributed by atoms with Gasteiger partial charge in [0, 0.05) is 6.04 Å². The lowest BCUT2D eigenvalue weighted by Gasteiger charge is -2.35. The van der Waals surface area contributed by atoms with E-state index in [1.54, 1.807) is 18.2 Å². The zero-order valence-electron chi connectivity index (χ0n) is 11.2. The van der Waals surface area contributed by atoms with Crippen LogP contribution in [0, 0.1) is 5.82 Å². The van der Waals surface area contributed by atoms with Crippen molar-refractivity contribution in [1.82, 2.24) is 0 Å². The fraction of sp³-hybridized carbons (Fsp3) is 0.286. The van der Waals surface area contributed by atoms with Crippen molar-refractivity contribution in [3.05, 3.63) is 45.5 Å². The molecule has 1 aliphatic rings. The van der Waals surface area contributed by atoms with Crippen LogP contribution in [-0.4, -0.2) is 14.5 Å². The van der Waals surface area contributed by atoms with Crippen molar-refractivity contribution in [2.75, 3.05) is 4.31 Å². The number of benzene rings is 1. The molecule has 0 aliphatic carbocycles. The fourth-order valence-electron chi connectivity index (χ4n) is 2.59. The van der Waals surface area contributed by atoms with Crippen LogP contribution in [0.5, 0.6) is 0 Å². The summed E-state index contributed by atoms with van der Waals surface area (Å²) < 4.78 is 41.6. The summed E-state index contributed by atoms with van der Waals surface area (Å²) in [5.41, 5.74) is 1.33. The molecule has 1 aliphatic heterocycles. The predicted molar refractivity (Wildman–Crippen MR) is 85.9 cm³/mol. The zero-order valence-corrected chi connectivity index (χ0v) is 14.4. The first-order chi connectivity index (χ1) is 9.89. The normalized spacial score (nSPS) is 18.6. The van der Waals surface area contributed by atoms with Crippen LogP contribution in [0.25, 0.3) is 0 Å². The lowest BCUT2D eigenvalue weighted by molar-refractivity contribution is 0.561. The van der Waals surface area contributed by atoms with Crippen molar-refractivity contribution >= 4 is 43.0 Å². The van der Waals surface area contributed by atoms with Crippen LogP contribution < -0.4 is 4.31 Å². The third-order valence-corrected chi connectivity index (χ3v) is 7.59. The van der Waals surface area contributed by atoms with Gasteiger partial charge in [-0.15, -0.1) is 11.3 Å². The summed E-state index contributed by atoms with van der Waals surface area (Å²) in [6, 6.07) is 7.46. The Balaban J connectivity index is 2.14. The molecule has 0 N–H and O–H groups in total. The highest BCUT2D eigenvalue weighted by Gasteiger charge is 2.34. The number of anilines is 1. The van der Waals surface area contributed by atoms with E-state index >= 15 is 0 Å². The number of thiophene rings is 1. The van der Waals surface area contributed by atoms with E-state index in [4.69, 9.17) is 0 Å². The molecule has 0 saturated carbocycles. The number of hydrogen-bond donors (Lipinski definition) is 0. The smallest absolute Gasteiger partial charge is 0.263 e. The van der Waals surface area contributed by atoms with Gasteiger partial charge >= 0.3 is 0 Å². The van der Waals surface area contributed by atoms with E-state index < -0.39 is 10.0 Å². The molecule has 0 radical (unpaired) electrons. The van der Waals surface area contributed by atoms with Crippen LogP contribution in [0.3, 0.4) is 0 Å². The average Bonchev–Trinajstić information content (AvgIpc) is 2.86. The van der Waals surface area contributed by atoms with Gasteiger partial charge < -0.3 is 0 Å². The first kappa shape index (κ1) is 15.0. The van der Waals surface area contributed by atoms with Gasteiger partial charge in [-0.3, -0.25) is 4.31 Å². The van der Waals surface area contributed by atoms with E-state index in [1.165, 1.54) is 27.8 Å². The quantitative estimate of drug-likeness (QED) is 0.772. The Bertz CT molecular complexity index is 788. The Hall–Kier alpha value is -0.920. The standard InChI is InChI=1S/C14H13BrFNO2S2/c1-9-2-3-10-8-11(16)4-5-12(10)17(9)21(18,19)14-7-6-13(15)20-14/h4-9H,2-3H2,1H3. The second kappa shape index (κ2) is 5.37. The van der Waals surface area contributed by atoms with Crippen LogP contribution >= 0.6 is 27.3 Å². The zero-order chi connectivity index (χ0) is 15.2. The Morgan fingerprint density at radius 1 is 1.33 bits per heavy atom. The number of nitrogens with zero attached hydrogens (tertiary/aromatic N) is 1. The van der Waals surface area contributed by atoms with Crippen LogP contribution in [0.1, 0.15) is 18.9 Å². The van der Waals surface area contributed by atoms with E-state index in [-0.39, 0.29) is 11.9 Å². The minimum Gasteiger partial charge on any atom is -0.263 e. The summed E-state index contributed by atoms with van der Waals surface area (Å²) >= 11 is 4.47. The molecule has 1 atom stereocenters. The largest absolute Gasteiger partial charge is 0.274 e. The van der Waals surface area contributed by atoms with E-state index in [0.717, 1.165) is 9.35 Å². The summed E-state index contributed by atoms with van der Waals surface area (Å²) in [5.74, 6) is -0.334. The van der Waals surface area contributed by atoms with E-state index in [1.807, 2.05) is 6.92 Å². The Morgan fingerprint density at radius 2 is 2.10 bits per heavy atom. The fourth-order valence-corrected chi connectivity index (χ4v) is 6.41. The molecule has 2 heterocycles. The van der Waals surface area contributed by atoms with Gasteiger partial charge in [-0.05, 0) is 71.6 Å². The van der Waals surface area contributed by atoms with Gasteiger partial charge in [-0.1, -0.05) is 0 Å². The molecule has 3 rings (SSSR count). The molecule has 7 heteroatoms. The van der Waals surface area contributed by atoms with Crippen LogP contribution in [0.15, 0.2) is 38.3 Å². The Kier molecular flexibility index (Phi) is 3.83. The average molecular weight is 390 g/mol. The van der Waals surface area contributed by atoms with Gasteiger partial charge in [-0.2, -0.15) is 0 Å². The number of halogens is 2. The van der Waals surface area contributed by atoms with Gasteiger partial charge in [0.1, 0.15) is 10.0 Å². The van der Waals surface area contributed by atoms with Crippen LogP contribution in [0.4, 0.5) is 10.1 Å². The minimum atomic E-state index is -3.62. The van der Waals surface area contributed by atoms with E-state index in [0.29, 0.717) is 22.7 Å². The molecule has 3 nitrogen and oxygen atoms in total. The SMILES string of the molecule is CC1CCc2cc(F)ccc2N1S(=O)(=O)c1ccc(Br)s1. The molecule has 0 fully saturated rings. The topological polar surface area (TPSA) is 37.4 Å². The number of hydrogen-bond acceptors (Lipinski definition) is 3. The lowest BCUT2D eigenvalue weighted by Crippen LogP contribution is -2.41.